The first kappa shape index (κ1) is 26.3. The quantitative estimate of drug-likeness (QED) is 0.543. The number of anilines is 1. The molecule has 1 saturated heterocycles. The first-order valence-electron chi connectivity index (χ1n) is 10.2. The van der Waals surface area contributed by atoms with Crippen molar-refractivity contribution in [3.05, 3.63) is 29.0 Å². The number of ether oxygens (including phenoxy) is 2. The van der Waals surface area contributed by atoms with E-state index in [1.807, 2.05) is 0 Å². The van der Waals surface area contributed by atoms with Crippen molar-refractivity contribution >= 4 is 41.1 Å². The Hall–Kier alpha value is -2.92. The van der Waals surface area contributed by atoms with E-state index in [-0.39, 0.29) is 42.7 Å². The summed E-state index contributed by atoms with van der Waals surface area (Å²) in [7, 11) is 1.40. The molecule has 1 heterocycles. The Kier molecular flexibility index (Phi) is 9.00. The lowest BCUT2D eigenvalue weighted by Crippen LogP contribution is -2.62. The van der Waals surface area contributed by atoms with Crippen LogP contribution in [0.2, 0.25) is 5.02 Å². The van der Waals surface area contributed by atoms with Gasteiger partial charge >= 0.3 is 17.9 Å². The molecule has 0 radical (unpaired) electrons. The Bertz CT molecular complexity index is 907. The Morgan fingerprint density at radius 2 is 1.85 bits per heavy atom. The van der Waals surface area contributed by atoms with Crippen molar-refractivity contribution in [1.82, 2.24) is 15.5 Å². The van der Waals surface area contributed by atoms with E-state index >= 15 is 0 Å². The van der Waals surface area contributed by atoms with Crippen molar-refractivity contribution in [1.29, 1.82) is 0 Å². The molecule has 0 bridgehead atoms. The van der Waals surface area contributed by atoms with E-state index in [0.717, 1.165) is 6.07 Å². The van der Waals surface area contributed by atoms with Crippen LogP contribution in [-0.4, -0.2) is 73.2 Å². The van der Waals surface area contributed by atoms with E-state index in [0.29, 0.717) is 0 Å². The topological polar surface area (TPSA) is 126 Å². The van der Waals surface area contributed by atoms with E-state index in [1.165, 1.54) is 24.1 Å². The number of amides is 4. The van der Waals surface area contributed by atoms with Gasteiger partial charge in [-0.25, -0.2) is 9.18 Å². The van der Waals surface area contributed by atoms with Crippen molar-refractivity contribution < 1.29 is 33.0 Å². The highest BCUT2D eigenvalue weighted by Crippen LogP contribution is 2.19. The lowest BCUT2D eigenvalue weighted by molar-refractivity contribution is -0.138. The number of nitrogens with one attached hydrogen (secondary N) is 3. The van der Waals surface area contributed by atoms with Gasteiger partial charge in [-0.1, -0.05) is 11.6 Å². The second kappa shape index (κ2) is 11.3. The average Bonchev–Trinajstić information content (AvgIpc) is 2.70. The number of nitrogens with zero attached hydrogens (tertiary/aromatic N) is 1. The van der Waals surface area contributed by atoms with Crippen LogP contribution < -0.4 is 16.0 Å². The molecule has 1 aliphatic rings. The maximum Gasteiger partial charge on any atom is 0.408 e. The number of alkyl carbamates (subject to hydrolysis) is 1. The molecular formula is C21H28ClFN4O6. The summed E-state index contributed by atoms with van der Waals surface area (Å²) in [5, 5.41) is 7.38. The van der Waals surface area contributed by atoms with Crippen LogP contribution in [0.3, 0.4) is 0 Å². The summed E-state index contributed by atoms with van der Waals surface area (Å²) < 4.78 is 23.7. The number of hydrogen-bond donors (Lipinski definition) is 3. The molecular weight excluding hydrogens is 459 g/mol. The van der Waals surface area contributed by atoms with E-state index in [2.05, 4.69) is 16.0 Å². The Balaban J connectivity index is 2.07. The van der Waals surface area contributed by atoms with Gasteiger partial charge in [0.1, 0.15) is 18.0 Å². The van der Waals surface area contributed by atoms with Crippen molar-refractivity contribution in [2.24, 2.45) is 0 Å². The first-order valence-corrected chi connectivity index (χ1v) is 10.6. The van der Waals surface area contributed by atoms with Crippen molar-refractivity contribution in [2.45, 2.75) is 44.9 Å². The van der Waals surface area contributed by atoms with Gasteiger partial charge in [-0.3, -0.25) is 14.4 Å². The van der Waals surface area contributed by atoms with Crippen LogP contribution >= 0.6 is 11.6 Å². The zero-order valence-corrected chi connectivity index (χ0v) is 19.6. The van der Waals surface area contributed by atoms with Gasteiger partial charge in [-0.15, -0.1) is 0 Å². The van der Waals surface area contributed by atoms with E-state index in [4.69, 9.17) is 21.1 Å². The smallest absolute Gasteiger partial charge is 0.408 e. The Labute approximate surface area is 196 Å². The summed E-state index contributed by atoms with van der Waals surface area (Å²) in [6, 6.07) is 2.20. The van der Waals surface area contributed by atoms with Gasteiger partial charge < -0.3 is 30.3 Å². The molecule has 1 aromatic carbocycles. The van der Waals surface area contributed by atoms with Gasteiger partial charge in [0.05, 0.1) is 17.1 Å². The van der Waals surface area contributed by atoms with E-state index in [1.54, 1.807) is 20.8 Å². The largest absolute Gasteiger partial charge is 0.444 e. The second-order valence-corrected chi connectivity index (χ2v) is 8.88. The number of rotatable bonds is 5. The standard InChI is InChI=1S/C21H28ClFN4O6/c1-21(2,3)33-20(31)26-16-10-27(17(28)11-32-4)8-7-15(16)25-19(30)18(29)24-12-5-6-13(22)14(23)9-12/h5-6,9,15-16H,7-8,10-11H2,1-4H3,(H,24,29)(H,25,30)(H,26,31)/t15-,16+/m0/s1. The molecule has 1 fully saturated rings. The lowest BCUT2D eigenvalue weighted by Gasteiger charge is -2.39. The van der Waals surface area contributed by atoms with Crippen LogP contribution in [0.5, 0.6) is 0 Å². The molecule has 3 N–H and O–H groups in total. The molecule has 1 aliphatic heterocycles. The summed E-state index contributed by atoms with van der Waals surface area (Å²) in [5.74, 6) is -3.03. The minimum atomic E-state index is -1.02. The van der Waals surface area contributed by atoms with Crippen molar-refractivity contribution in [2.75, 3.05) is 32.1 Å². The second-order valence-electron chi connectivity index (χ2n) is 8.48. The van der Waals surface area contributed by atoms with Gasteiger partial charge in [0.15, 0.2) is 0 Å². The third-order valence-electron chi connectivity index (χ3n) is 4.64. The number of benzene rings is 1. The zero-order chi connectivity index (χ0) is 24.8. The number of hydrogen-bond acceptors (Lipinski definition) is 6. The minimum Gasteiger partial charge on any atom is -0.444 e. The third kappa shape index (κ3) is 8.17. The highest BCUT2D eigenvalue weighted by atomic mass is 35.5. The summed E-state index contributed by atoms with van der Waals surface area (Å²) in [5.41, 5.74) is -0.697. The van der Waals surface area contributed by atoms with Crippen molar-refractivity contribution in [3.63, 3.8) is 0 Å². The van der Waals surface area contributed by atoms with Crippen LogP contribution in [0, 0.1) is 5.82 Å². The fourth-order valence-electron chi connectivity index (χ4n) is 3.17. The summed E-state index contributed by atoms with van der Waals surface area (Å²) in [6.45, 7) is 5.33. The Morgan fingerprint density at radius 3 is 2.45 bits per heavy atom. The number of carbonyl (C=O) groups excluding carboxylic acids is 4. The van der Waals surface area contributed by atoms with Gasteiger partial charge in [0.25, 0.3) is 0 Å². The highest BCUT2D eigenvalue weighted by Gasteiger charge is 2.35. The van der Waals surface area contributed by atoms with E-state index in [9.17, 15) is 23.6 Å². The summed E-state index contributed by atoms with van der Waals surface area (Å²) >= 11 is 5.61. The highest BCUT2D eigenvalue weighted by molar-refractivity contribution is 6.39. The normalized spacial score (nSPS) is 18.3. The number of likely N-dealkylation sites (tertiary alicyclic amines) is 1. The SMILES string of the molecule is COCC(=O)N1CC[C@H](NC(=O)C(=O)Nc2ccc(Cl)c(F)c2)[C@H](NC(=O)OC(C)(C)C)C1. The fraction of sp³-hybridized carbons (Fsp3) is 0.524. The summed E-state index contributed by atoms with van der Waals surface area (Å²) in [6.07, 6.45) is -0.460. The maximum atomic E-state index is 13.6. The average molecular weight is 487 g/mol. The van der Waals surface area contributed by atoms with Gasteiger partial charge in [-0.05, 0) is 45.4 Å². The molecule has 0 aliphatic carbocycles. The predicted molar refractivity (Wildman–Crippen MR) is 118 cm³/mol. The molecule has 12 heteroatoms. The van der Waals surface area contributed by atoms with Crippen LogP contribution in [0.15, 0.2) is 18.2 Å². The molecule has 0 aromatic heterocycles. The molecule has 0 saturated carbocycles. The first-order chi connectivity index (χ1) is 15.4. The number of halogens is 2. The molecule has 2 atom stereocenters. The van der Waals surface area contributed by atoms with Crippen LogP contribution in [0.4, 0.5) is 14.9 Å². The van der Waals surface area contributed by atoms with Gasteiger partial charge in [0, 0.05) is 25.9 Å². The Morgan fingerprint density at radius 1 is 1.15 bits per heavy atom. The van der Waals surface area contributed by atoms with Gasteiger partial charge in [-0.2, -0.15) is 0 Å². The number of methoxy groups -OCH3 is 1. The number of piperidine rings is 1. The molecule has 1 aromatic rings. The number of carbonyl (C=O) groups is 4. The molecule has 0 unspecified atom stereocenters. The van der Waals surface area contributed by atoms with Crippen LogP contribution in [0.1, 0.15) is 27.2 Å². The monoisotopic (exact) mass is 486 g/mol. The van der Waals surface area contributed by atoms with Crippen LogP contribution in [0.25, 0.3) is 0 Å². The summed E-state index contributed by atoms with van der Waals surface area (Å²) in [4.78, 5) is 50.7. The lowest BCUT2D eigenvalue weighted by atomic mass is 9.99. The van der Waals surface area contributed by atoms with Crippen LogP contribution in [-0.2, 0) is 23.9 Å². The maximum absolute atomic E-state index is 13.6. The molecule has 10 nitrogen and oxygen atoms in total. The molecule has 33 heavy (non-hydrogen) atoms. The molecule has 182 valence electrons. The molecule has 2 rings (SSSR count). The predicted octanol–water partition coefficient (Wildman–Crippen LogP) is 1.67. The van der Waals surface area contributed by atoms with Crippen molar-refractivity contribution in [3.8, 4) is 0 Å². The third-order valence-corrected chi connectivity index (χ3v) is 4.94. The fourth-order valence-corrected chi connectivity index (χ4v) is 3.28. The van der Waals surface area contributed by atoms with Gasteiger partial charge in [0.2, 0.25) is 5.91 Å². The minimum absolute atomic E-state index is 0.0560. The molecule has 0 spiro atoms. The van der Waals surface area contributed by atoms with E-state index < -0.39 is 41.4 Å². The zero-order valence-electron chi connectivity index (χ0n) is 18.9. The molecule has 4 amide bonds.